The number of anilines is 1. The highest BCUT2D eigenvalue weighted by atomic mass is 16.2. The molecule has 1 fully saturated rings. The molecule has 1 aliphatic heterocycles. The molecule has 1 N–H and O–H groups in total. The Labute approximate surface area is 114 Å². The van der Waals surface area contributed by atoms with Crippen LogP contribution >= 0.6 is 0 Å². The number of benzene rings is 1. The van der Waals surface area contributed by atoms with Crippen LogP contribution in [0, 0.1) is 11.3 Å². The monoisotopic (exact) mass is 266 g/mol. The first-order valence-corrected chi connectivity index (χ1v) is 6.07. The molecule has 98 valence electrons. The Morgan fingerprint density at radius 2 is 2.05 bits per heavy atom. The lowest BCUT2D eigenvalue weighted by molar-refractivity contribution is -0.121. The highest BCUT2D eigenvalue weighted by molar-refractivity contribution is 6.22. The fourth-order valence-corrected chi connectivity index (χ4v) is 2.34. The summed E-state index contributed by atoms with van der Waals surface area (Å²) in [7, 11) is 0. The van der Waals surface area contributed by atoms with Crippen LogP contribution in [0.25, 0.3) is 0 Å². The molecule has 2 aromatic rings. The molecule has 1 aromatic heterocycles. The number of nitrogens with one attached hydrogen (secondary N) is 1. The molecular formula is C14H10N4O2. The fourth-order valence-electron chi connectivity index (χ4n) is 2.34. The Kier molecular flexibility index (Phi) is 2.80. The summed E-state index contributed by atoms with van der Waals surface area (Å²) in [6.07, 6.45) is 1.40. The highest BCUT2D eigenvalue weighted by Crippen LogP contribution is 2.33. The topological polar surface area (TPSA) is 89.8 Å². The van der Waals surface area contributed by atoms with Gasteiger partial charge in [-0.3, -0.25) is 14.7 Å². The van der Waals surface area contributed by atoms with Crippen molar-refractivity contribution >= 4 is 17.6 Å². The third-order valence-corrected chi connectivity index (χ3v) is 3.31. The van der Waals surface area contributed by atoms with Gasteiger partial charge in [-0.1, -0.05) is 30.3 Å². The number of hydrogen-bond donors (Lipinski definition) is 1. The minimum absolute atomic E-state index is 0.104. The number of carbonyl (C=O) groups is 2. The molecule has 20 heavy (non-hydrogen) atoms. The number of amides is 2. The maximum Gasteiger partial charge on any atom is 0.243 e. The van der Waals surface area contributed by atoms with Gasteiger partial charge in [-0.05, 0) is 5.56 Å². The van der Waals surface area contributed by atoms with E-state index in [0.717, 1.165) is 10.5 Å². The van der Waals surface area contributed by atoms with Crippen LogP contribution in [0.1, 0.15) is 23.5 Å². The summed E-state index contributed by atoms with van der Waals surface area (Å²) in [6.45, 7) is 0. The van der Waals surface area contributed by atoms with Crippen LogP contribution in [0.5, 0.6) is 0 Å². The fraction of sp³-hybridized carbons (Fsp3) is 0.143. The van der Waals surface area contributed by atoms with Gasteiger partial charge in [-0.2, -0.15) is 10.4 Å². The van der Waals surface area contributed by atoms with E-state index in [1.807, 2.05) is 36.4 Å². The van der Waals surface area contributed by atoms with Gasteiger partial charge >= 0.3 is 0 Å². The molecule has 1 saturated heterocycles. The number of imide groups is 1. The second-order valence-electron chi connectivity index (χ2n) is 4.48. The van der Waals surface area contributed by atoms with Gasteiger partial charge in [0.1, 0.15) is 11.6 Å². The van der Waals surface area contributed by atoms with Gasteiger partial charge in [0.15, 0.2) is 5.82 Å². The van der Waals surface area contributed by atoms with E-state index in [2.05, 4.69) is 10.2 Å². The van der Waals surface area contributed by atoms with Crippen molar-refractivity contribution in [2.75, 3.05) is 4.90 Å². The minimum Gasteiger partial charge on any atom is -0.274 e. The number of H-pyrrole nitrogens is 1. The summed E-state index contributed by atoms with van der Waals surface area (Å²) in [5, 5.41) is 15.2. The smallest absolute Gasteiger partial charge is 0.243 e. The molecule has 1 aromatic carbocycles. The van der Waals surface area contributed by atoms with E-state index in [0.29, 0.717) is 0 Å². The molecule has 0 aliphatic carbocycles. The van der Waals surface area contributed by atoms with E-state index in [-0.39, 0.29) is 29.6 Å². The minimum atomic E-state index is -0.501. The zero-order chi connectivity index (χ0) is 14.1. The summed E-state index contributed by atoms with van der Waals surface area (Å²) in [4.78, 5) is 25.5. The second kappa shape index (κ2) is 4.63. The normalized spacial score (nSPS) is 18.4. The van der Waals surface area contributed by atoms with Gasteiger partial charge in [0.05, 0.1) is 12.1 Å². The summed E-state index contributed by atoms with van der Waals surface area (Å²) in [5.74, 6) is -1.01. The Morgan fingerprint density at radius 3 is 2.75 bits per heavy atom. The number of nitrogens with zero attached hydrogens (tertiary/aromatic N) is 3. The Morgan fingerprint density at radius 1 is 1.30 bits per heavy atom. The van der Waals surface area contributed by atoms with Crippen molar-refractivity contribution in [3.05, 3.63) is 47.7 Å². The molecule has 3 rings (SSSR count). The standard InChI is InChI=1S/C14H10N4O2/c15-7-10-8-16-17-13(10)18-12(19)6-11(14(18)20)9-4-2-1-3-5-9/h1-5,8,11H,6H2,(H,16,17). The summed E-state index contributed by atoms with van der Waals surface area (Å²) in [5.41, 5.74) is 0.979. The van der Waals surface area contributed by atoms with Crippen LogP contribution in [-0.4, -0.2) is 22.0 Å². The van der Waals surface area contributed by atoms with Gasteiger partial charge in [0, 0.05) is 6.42 Å². The zero-order valence-electron chi connectivity index (χ0n) is 10.4. The van der Waals surface area contributed by atoms with Crippen molar-refractivity contribution in [1.29, 1.82) is 5.26 Å². The number of hydrogen-bond acceptors (Lipinski definition) is 4. The average molecular weight is 266 g/mol. The molecule has 0 radical (unpaired) electrons. The summed E-state index contributed by atoms with van der Waals surface area (Å²) >= 11 is 0. The lowest BCUT2D eigenvalue weighted by Crippen LogP contribution is -2.31. The number of aromatic amines is 1. The first-order valence-electron chi connectivity index (χ1n) is 6.07. The second-order valence-corrected chi connectivity index (χ2v) is 4.48. The maximum absolute atomic E-state index is 12.4. The van der Waals surface area contributed by atoms with Crippen LogP contribution in [0.2, 0.25) is 0 Å². The Hall–Kier alpha value is -2.94. The molecule has 6 nitrogen and oxygen atoms in total. The lowest BCUT2D eigenvalue weighted by Gasteiger charge is -2.13. The largest absolute Gasteiger partial charge is 0.274 e. The van der Waals surface area contributed by atoms with E-state index in [9.17, 15) is 9.59 Å². The summed E-state index contributed by atoms with van der Waals surface area (Å²) < 4.78 is 0. The van der Waals surface area contributed by atoms with E-state index in [1.54, 1.807) is 0 Å². The van der Waals surface area contributed by atoms with Gasteiger partial charge < -0.3 is 0 Å². The molecule has 2 heterocycles. The predicted octanol–water partition coefficient (Wildman–Crippen LogP) is 1.33. The van der Waals surface area contributed by atoms with Gasteiger partial charge in [-0.25, -0.2) is 4.90 Å². The van der Waals surface area contributed by atoms with Crippen LogP contribution in [-0.2, 0) is 9.59 Å². The third-order valence-electron chi connectivity index (χ3n) is 3.31. The zero-order valence-corrected chi connectivity index (χ0v) is 10.4. The molecule has 0 saturated carbocycles. The van der Waals surface area contributed by atoms with Gasteiger partial charge in [-0.15, -0.1) is 0 Å². The molecule has 1 atom stereocenters. The number of carbonyl (C=O) groups excluding carboxylic acids is 2. The average Bonchev–Trinajstić information content (AvgIpc) is 3.04. The van der Waals surface area contributed by atoms with E-state index >= 15 is 0 Å². The quantitative estimate of drug-likeness (QED) is 0.830. The number of aromatic nitrogens is 2. The van der Waals surface area contributed by atoms with Crippen LogP contribution < -0.4 is 4.90 Å². The van der Waals surface area contributed by atoms with Crippen molar-refractivity contribution < 1.29 is 9.59 Å². The molecular weight excluding hydrogens is 256 g/mol. The Bertz CT molecular complexity index is 714. The first-order chi connectivity index (χ1) is 9.72. The van der Waals surface area contributed by atoms with Crippen LogP contribution in [0.4, 0.5) is 5.82 Å². The molecule has 1 unspecified atom stereocenters. The van der Waals surface area contributed by atoms with Gasteiger partial charge in [0.2, 0.25) is 11.8 Å². The van der Waals surface area contributed by atoms with E-state index in [1.165, 1.54) is 6.20 Å². The van der Waals surface area contributed by atoms with Crippen molar-refractivity contribution in [2.45, 2.75) is 12.3 Å². The van der Waals surface area contributed by atoms with Crippen LogP contribution in [0.3, 0.4) is 0 Å². The Balaban J connectivity index is 1.98. The first kappa shape index (κ1) is 12.1. The number of nitriles is 1. The summed E-state index contributed by atoms with van der Waals surface area (Å²) in [6, 6.07) is 11.0. The molecule has 2 amide bonds. The molecule has 0 spiro atoms. The number of rotatable bonds is 2. The molecule has 0 bridgehead atoms. The van der Waals surface area contributed by atoms with Crippen LogP contribution in [0.15, 0.2) is 36.5 Å². The van der Waals surface area contributed by atoms with Crippen molar-refractivity contribution in [3.63, 3.8) is 0 Å². The lowest BCUT2D eigenvalue weighted by atomic mass is 9.98. The molecule has 1 aliphatic rings. The SMILES string of the molecule is N#Cc1cn[nH]c1N1C(=O)CC(c2ccccc2)C1=O. The van der Waals surface area contributed by atoms with Gasteiger partial charge in [0.25, 0.3) is 0 Å². The van der Waals surface area contributed by atoms with E-state index < -0.39 is 5.92 Å². The van der Waals surface area contributed by atoms with Crippen molar-refractivity contribution in [1.82, 2.24) is 10.2 Å². The molecule has 6 heteroatoms. The highest BCUT2D eigenvalue weighted by Gasteiger charge is 2.41. The van der Waals surface area contributed by atoms with Crippen molar-refractivity contribution in [3.8, 4) is 6.07 Å². The van der Waals surface area contributed by atoms with Crippen molar-refractivity contribution in [2.24, 2.45) is 0 Å². The predicted molar refractivity (Wildman–Crippen MR) is 69.6 cm³/mol. The van der Waals surface area contributed by atoms with E-state index in [4.69, 9.17) is 5.26 Å². The third kappa shape index (κ3) is 1.77. The maximum atomic E-state index is 12.4.